The maximum atomic E-state index is 13.3. The number of aryl methyl sites for hydroxylation is 1. The largest absolute Gasteiger partial charge is 0.472 e. The van der Waals surface area contributed by atoms with Crippen molar-refractivity contribution in [1.29, 1.82) is 0 Å². The van der Waals surface area contributed by atoms with Crippen molar-refractivity contribution < 1.29 is 27.4 Å². The van der Waals surface area contributed by atoms with E-state index in [0.29, 0.717) is 12.1 Å². The van der Waals surface area contributed by atoms with Crippen molar-refractivity contribution in [3.8, 4) is 17.1 Å². The SMILES string of the molecule is CCCCCCCCc1ccc(-c2ccc(OCC(OC(=O)CCCCCC)C(F)(F)F)nn2)cc1. The zero-order valence-electron chi connectivity index (χ0n) is 21.5. The first-order valence-electron chi connectivity index (χ1n) is 13.2. The number of unbranched alkanes of at least 4 members (excludes halogenated alkanes) is 8. The van der Waals surface area contributed by atoms with Crippen molar-refractivity contribution in [1.82, 2.24) is 10.2 Å². The maximum Gasteiger partial charge on any atom is 0.428 e. The predicted octanol–water partition coefficient (Wildman–Crippen LogP) is 7.87. The molecule has 1 heterocycles. The zero-order chi connectivity index (χ0) is 26.2. The maximum absolute atomic E-state index is 13.3. The average Bonchev–Trinajstić information content (AvgIpc) is 2.86. The molecule has 0 radical (unpaired) electrons. The number of halogens is 3. The average molecular weight is 509 g/mol. The van der Waals surface area contributed by atoms with Crippen LogP contribution in [-0.2, 0) is 16.0 Å². The lowest BCUT2D eigenvalue weighted by Crippen LogP contribution is -2.38. The van der Waals surface area contributed by atoms with Crippen LogP contribution in [0.1, 0.15) is 90.0 Å². The van der Waals surface area contributed by atoms with Crippen molar-refractivity contribution in [3.63, 3.8) is 0 Å². The molecule has 0 spiro atoms. The van der Waals surface area contributed by atoms with E-state index in [9.17, 15) is 18.0 Å². The van der Waals surface area contributed by atoms with E-state index < -0.39 is 24.9 Å². The Morgan fingerprint density at radius 2 is 1.47 bits per heavy atom. The summed E-state index contributed by atoms with van der Waals surface area (Å²) in [6, 6.07) is 11.2. The molecule has 8 heteroatoms. The number of hydrogen-bond acceptors (Lipinski definition) is 5. The summed E-state index contributed by atoms with van der Waals surface area (Å²) in [5.41, 5.74) is 2.73. The van der Waals surface area contributed by atoms with Crippen molar-refractivity contribution in [2.24, 2.45) is 0 Å². The van der Waals surface area contributed by atoms with Crippen LogP contribution in [0.25, 0.3) is 11.3 Å². The van der Waals surface area contributed by atoms with Crippen LogP contribution in [0.3, 0.4) is 0 Å². The Morgan fingerprint density at radius 1 is 0.833 bits per heavy atom. The number of alkyl halides is 3. The number of ether oxygens (including phenoxy) is 2. The zero-order valence-corrected chi connectivity index (χ0v) is 21.5. The summed E-state index contributed by atoms with van der Waals surface area (Å²) in [5, 5.41) is 7.96. The number of hydrogen-bond donors (Lipinski definition) is 0. The molecule has 0 bridgehead atoms. The highest BCUT2D eigenvalue weighted by Gasteiger charge is 2.43. The van der Waals surface area contributed by atoms with E-state index >= 15 is 0 Å². The first-order chi connectivity index (χ1) is 17.3. The lowest BCUT2D eigenvalue weighted by molar-refractivity contribution is -0.227. The fourth-order valence-electron chi connectivity index (χ4n) is 3.77. The molecular formula is C28H39F3N2O3. The minimum Gasteiger partial charge on any atom is -0.472 e. The van der Waals surface area contributed by atoms with Gasteiger partial charge in [-0.3, -0.25) is 4.79 Å². The van der Waals surface area contributed by atoms with Gasteiger partial charge in [-0.1, -0.05) is 89.5 Å². The van der Waals surface area contributed by atoms with Gasteiger partial charge in [0.25, 0.3) is 0 Å². The molecule has 0 aliphatic rings. The van der Waals surface area contributed by atoms with E-state index in [0.717, 1.165) is 31.2 Å². The molecule has 0 saturated heterocycles. The fourth-order valence-corrected chi connectivity index (χ4v) is 3.77. The molecule has 2 rings (SSSR count). The quantitative estimate of drug-likeness (QED) is 0.161. The van der Waals surface area contributed by atoms with Crippen LogP contribution < -0.4 is 4.74 Å². The lowest BCUT2D eigenvalue weighted by Gasteiger charge is -2.20. The summed E-state index contributed by atoms with van der Waals surface area (Å²) in [6.07, 6.45) is 4.63. The first kappa shape index (κ1) is 29.6. The molecule has 0 amide bonds. The molecular weight excluding hydrogens is 469 g/mol. The van der Waals surface area contributed by atoms with Gasteiger partial charge >= 0.3 is 12.1 Å². The molecule has 200 valence electrons. The molecule has 0 N–H and O–H groups in total. The molecule has 1 aromatic carbocycles. The Morgan fingerprint density at radius 3 is 2.08 bits per heavy atom. The number of esters is 1. The second-order valence-electron chi connectivity index (χ2n) is 9.11. The Balaban J connectivity index is 1.83. The van der Waals surface area contributed by atoms with Crippen molar-refractivity contribution in [2.45, 2.75) is 103 Å². The van der Waals surface area contributed by atoms with Crippen LogP contribution in [0.4, 0.5) is 13.2 Å². The van der Waals surface area contributed by atoms with Gasteiger partial charge in [-0.05, 0) is 30.9 Å². The molecule has 0 aliphatic carbocycles. The summed E-state index contributed by atoms with van der Waals surface area (Å²) in [4.78, 5) is 11.8. The summed E-state index contributed by atoms with van der Waals surface area (Å²) < 4.78 is 49.7. The van der Waals surface area contributed by atoms with Crippen molar-refractivity contribution in [2.75, 3.05) is 6.61 Å². The molecule has 0 saturated carbocycles. The number of carbonyl (C=O) groups excluding carboxylic acids is 1. The number of aromatic nitrogens is 2. The van der Waals surface area contributed by atoms with E-state index in [1.54, 1.807) is 6.07 Å². The van der Waals surface area contributed by atoms with Gasteiger partial charge in [0.1, 0.15) is 6.61 Å². The van der Waals surface area contributed by atoms with Crippen LogP contribution in [0.2, 0.25) is 0 Å². The third-order valence-corrected chi connectivity index (χ3v) is 5.96. The van der Waals surface area contributed by atoms with Crippen LogP contribution in [0.5, 0.6) is 5.88 Å². The highest BCUT2D eigenvalue weighted by atomic mass is 19.4. The Kier molecular flexibility index (Phi) is 13.3. The number of rotatable bonds is 17. The summed E-state index contributed by atoms with van der Waals surface area (Å²) in [7, 11) is 0. The molecule has 1 aromatic heterocycles. The van der Waals surface area contributed by atoms with Crippen molar-refractivity contribution in [3.05, 3.63) is 42.0 Å². The number of nitrogens with zero attached hydrogens (tertiary/aromatic N) is 2. The number of carbonyl (C=O) groups is 1. The fraction of sp³-hybridized carbons (Fsp3) is 0.607. The third kappa shape index (κ3) is 11.4. The molecule has 1 atom stereocenters. The molecule has 1 unspecified atom stereocenters. The topological polar surface area (TPSA) is 61.3 Å². The van der Waals surface area contributed by atoms with E-state index in [-0.39, 0.29) is 12.3 Å². The van der Waals surface area contributed by atoms with Gasteiger partial charge < -0.3 is 9.47 Å². The van der Waals surface area contributed by atoms with Gasteiger partial charge in [0.15, 0.2) is 0 Å². The van der Waals surface area contributed by atoms with Crippen LogP contribution in [0, 0.1) is 0 Å². The third-order valence-electron chi connectivity index (χ3n) is 5.96. The minimum absolute atomic E-state index is 0.0428. The Labute approximate surface area is 212 Å². The van der Waals surface area contributed by atoms with E-state index in [1.807, 2.05) is 19.1 Å². The first-order valence-corrected chi connectivity index (χ1v) is 13.2. The van der Waals surface area contributed by atoms with Crippen molar-refractivity contribution >= 4 is 5.97 Å². The van der Waals surface area contributed by atoms with E-state index in [2.05, 4.69) is 34.0 Å². The Hall–Kier alpha value is -2.64. The molecule has 0 fully saturated rings. The summed E-state index contributed by atoms with van der Waals surface area (Å²) >= 11 is 0. The second kappa shape index (κ2) is 16.2. The van der Waals surface area contributed by atoms with Crippen LogP contribution in [-0.4, -0.2) is 35.1 Å². The van der Waals surface area contributed by atoms with Gasteiger partial charge in [0.2, 0.25) is 12.0 Å². The summed E-state index contributed by atoms with van der Waals surface area (Å²) in [6.45, 7) is 3.36. The molecule has 0 aliphatic heterocycles. The minimum atomic E-state index is -4.73. The van der Waals surface area contributed by atoms with E-state index in [4.69, 9.17) is 4.74 Å². The van der Waals surface area contributed by atoms with Gasteiger partial charge in [0.05, 0.1) is 5.69 Å². The monoisotopic (exact) mass is 508 g/mol. The summed E-state index contributed by atoms with van der Waals surface area (Å²) in [5.74, 6) is -0.940. The van der Waals surface area contributed by atoms with E-state index in [1.165, 1.54) is 50.2 Å². The van der Waals surface area contributed by atoms with Gasteiger partial charge in [-0.25, -0.2) is 0 Å². The normalized spacial score (nSPS) is 12.4. The van der Waals surface area contributed by atoms with Gasteiger partial charge in [-0.15, -0.1) is 10.2 Å². The standard InChI is InChI=1S/C28H39F3N2O3/c1-3-5-7-9-10-11-13-22-15-17-23(18-16-22)24-19-20-26(33-32-24)35-21-25(28(29,30)31)36-27(34)14-12-8-6-4-2/h15-20,25H,3-14,21H2,1-2H3. The number of benzene rings is 1. The lowest BCUT2D eigenvalue weighted by atomic mass is 10.0. The smallest absolute Gasteiger partial charge is 0.428 e. The second-order valence-corrected chi connectivity index (χ2v) is 9.11. The molecule has 2 aromatic rings. The van der Waals surface area contributed by atoms with Crippen LogP contribution >= 0.6 is 0 Å². The van der Waals surface area contributed by atoms with Gasteiger partial charge in [-0.2, -0.15) is 13.2 Å². The molecule has 36 heavy (non-hydrogen) atoms. The van der Waals surface area contributed by atoms with Gasteiger partial charge in [0, 0.05) is 18.1 Å². The highest BCUT2D eigenvalue weighted by molar-refractivity contribution is 5.69. The predicted molar refractivity (Wildman–Crippen MR) is 135 cm³/mol. The highest BCUT2D eigenvalue weighted by Crippen LogP contribution is 2.25. The van der Waals surface area contributed by atoms with Crippen LogP contribution in [0.15, 0.2) is 36.4 Å². The molecule has 5 nitrogen and oxygen atoms in total. The Bertz CT molecular complexity index is 871.